The molecule has 2 amide bonds. The van der Waals surface area contributed by atoms with E-state index in [1.54, 1.807) is 12.1 Å². The van der Waals surface area contributed by atoms with E-state index in [9.17, 15) is 9.90 Å². The summed E-state index contributed by atoms with van der Waals surface area (Å²) in [6.07, 6.45) is 0. The van der Waals surface area contributed by atoms with Gasteiger partial charge in [-0.15, -0.1) is 10.2 Å². The molecule has 1 aromatic heterocycles. The summed E-state index contributed by atoms with van der Waals surface area (Å²) < 4.78 is 0. The lowest BCUT2D eigenvalue weighted by Crippen LogP contribution is -2.62. The number of carbonyl (C=O) groups is 1. The number of nitrogens with zero attached hydrogens (tertiary/aromatic N) is 5. The zero-order chi connectivity index (χ0) is 20.7. The first-order chi connectivity index (χ1) is 14.6. The maximum absolute atomic E-state index is 13.0. The van der Waals surface area contributed by atoms with E-state index in [-0.39, 0.29) is 17.8 Å². The smallest absolute Gasteiger partial charge is 0.320 e. The van der Waals surface area contributed by atoms with Crippen molar-refractivity contribution in [2.45, 2.75) is 19.0 Å². The average Bonchev–Trinajstić information content (AvgIpc) is 2.78. The highest BCUT2D eigenvalue weighted by molar-refractivity contribution is 5.78. The number of nitrogens with one attached hydrogen (secondary N) is 2. The van der Waals surface area contributed by atoms with Crippen LogP contribution in [0.5, 0.6) is 5.75 Å². The Kier molecular flexibility index (Phi) is 4.82. The molecule has 1 aromatic carbocycles. The van der Waals surface area contributed by atoms with Crippen LogP contribution in [0.15, 0.2) is 30.3 Å². The highest BCUT2D eigenvalue weighted by Gasteiger charge is 2.36. The Balaban J connectivity index is 1.35. The maximum Gasteiger partial charge on any atom is 0.320 e. The number of hydrogen-bond donors (Lipinski definition) is 3. The van der Waals surface area contributed by atoms with E-state index in [4.69, 9.17) is 0 Å². The molecule has 4 heterocycles. The zero-order valence-corrected chi connectivity index (χ0v) is 17.1. The summed E-state index contributed by atoms with van der Waals surface area (Å²) in [4.78, 5) is 19.3. The van der Waals surface area contributed by atoms with Gasteiger partial charge in [-0.3, -0.25) is 0 Å². The highest BCUT2D eigenvalue weighted by Crippen LogP contribution is 2.36. The van der Waals surface area contributed by atoms with Crippen LogP contribution in [-0.2, 0) is 0 Å². The average molecular weight is 409 g/mol. The van der Waals surface area contributed by atoms with E-state index in [2.05, 4.69) is 32.7 Å². The molecular formula is C21H27N7O2. The first-order valence-electron chi connectivity index (χ1n) is 10.5. The van der Waals surface area contributed by atoms with Crippen molar-refractivity contribution in [1.82, 2.24) is 25.3 Å². The fourth-order valence-electron chi connectivity index (χ4n) is 4.59. The number of urea groups is 1. The molecule has 1 unspecified atom stereocenters. The number of aromatic nitrogens is 2. The molecule has 2 fully saturated rings. The number of anilines is 2. The van der Waals surface area contributed by atoms with Crippen molar-refractivity contribution in [3.05, 3.63) is 30.3 Å². The number of rotatable bonds is 1. The Labute approximate surface area is 175 Å². The Morgan fingerprint density at radius 2 is 1.97 bits per heavy atom. The lowest BCUT2D eigenvalue weighted by molar-refractivity contribution is 0.130. The maximum atomic E-state index is 13.0. The third-order valence-electron chi connectivity index (χ3n) is 6.16. The van der Waals surface area contributed by atoms with Gasteiger partial charge in [0.2, 0.25) is 0 Å². The summed E-state index contributed by atoms with van der Waals surface area (Å²) in [5.74, 6) is 0.939. The largest absolute Gasteiger partial charge is 0.507 e. The van der Waals surface area contributed by atoms with Crippen LogP contribution in [0, 0.1) is 0 Å². The molecule has 158 valence electrons. The van der Waals surface area contributed by atoms with Crippen molar-refractivity contribution >= 4 is 17.5 Å². The number of phenolic OH excluding ortho intramolecular Hbond substituents is 1. The molecule has 9 nitrogen and oxygen atoms in total. The molecular weight excluding hydrogens is 382 g/mol. The Morgan fingerprint density at radius 3 is 2.80 bits per heavy atom. The van der Waals surface area contributed by atoms with Crippen LogP contribution in [0.1, 0.15) is 6.92 Å². The number of hydrogen-bond acceptors (Lipinski definition) is 7. The molecule has 0 radical (unpaired) electrons. The van der Waals surface area contributed by atoms with Crippen molar-refractivity contribution in [2.75, 3.05) is 56.0 Å². The summed E-state index contributed by atoms with van der Waals surface area (Å²) in [6, 6.07) is 9.78. The van der Waals surface area contributed by atoms with Crippen LogP contribution >= 0.6 is 0 Å². The molecule has 2 saturated heterocycles. The zero-order valence-electron chi connectivity index (χ0n) is 17.1. The SMILES string of the molecule is CC1CN(C(=O)N2CCN3c4cc(-c5ccccc5O)nnc4NC[C@H]3C2)CCN1. The van der Waals surface area contributed by atoms with Gasteiger partial charge in [-0.2, -0.15) is 0 Å². The lowest BCUT2D eigenvalue weighted by Gasteiger charge is -2.47. The topological polar surface area (TPSA) is 96.9 Å². The van der Waals surface area contributed by atoms with Gasteiger partial charge in [-0.25, -0.2) is 4.79 Å². The summed E-state index contributed by atoms with van der Waals surface area (Å²) in [5.41, 5.74) is 2.28. The van der Waals surface area contributed by atoms with Gasteiger partial charge >= 0.3 is 6.03 Å². The molecule has 0 spiro atoms. The first-order valence-corrected chi connectivity index (χ1v) is 10.5. The predicted octanol–water partition coefficient (Wildman–Crippen LogP) is 1.18. The van der Waals surface area contributed by atoms with E-state index in [1.165, 1.54) is 0 Å². The summed E-state index contributed by atoms with van der Waals surface area (Å²) in [6.45, 7) is 7.30. The second-order valence-corrected chi connectivity index (χ2v) is 8.24. The van der Waals surface area contributed by atoms with Crippen LogP contribution in [0.2, 0.25) is 0 Å². The van der Waals surface area contributed by atoms with E-state index in [0.29, 0.717) is 30.4 Å². The van der Waals surface area contributed by atoms with Crippen LogP contribution in [-0.4, -0.2) is 89.0 Å². The fraction of sp³-hybridized carbons (Fsp3) is 0.476. The van der Waals surface area contributed by atoms with Crippen LogP contribution in [0.25, 0.3) is 11.3 Å². The highest BCUT2D eigenvalue weighted by atomic mass is 16.3. The van der Waals surface area contributed by atoms with E-state index < -0.39 is 0 Å². The quantitative estimate of drug-likeness (QED) is 0.651. The van der Waals surface area contributed by atoms with Crippen LogP contribution in [0.3, 0.4) is 0 Å². The van der Waals surface area contributed by atoms with E-state index >= 15 is 0 Å². The lowest BCUT2D eigenvalue weighted by atomic mass is 10.1. The molecule has 9 heteroatoms. The van der Waals surface area contributed by atoms with Crippen molar-refractivity contribution in [2.24, 2.45) is 0 Å². The minimum atomic E-state index is 0.136. The molecule has 5 rings (SSSR count). The minimum absolute atomic E-state index is 0.136. The second kappa shape index (κ2) is 7.64. The normalized spacial score (nSPS) is 23.4. The van der Waals surface area contributed by atoms with Gasteiger partial charge in [-0.1, -0.05) is 12.1 Å². The summed E-state index contributed by atoms with van der Waals surface area (Å²) in [5, 5.41) is 25.6. The van der Waals surface area contributed by atoms with E-state index in [0.717, 1.165) is 44.2 Å². The number of aromatic hydroxyl groups is 1. The van der Waals surface area contributed by atoms with Gasteiger partial charge in [0, 0.05) is 57.4 Å². The monoisotopic (exact) mass is 409 g/mol. The molecule has 3 aliphatic heterocycles. The number of phenols is 1. The number of piperazine rings is 2. The third kappa shape index (κ3) is 3.39. The first kappa shape index (κ1) is 18.9. The third-order valence-corrected chi connectivity index (χ3v) is 6.16. The number of fused-ring (bicyclic) bond motifs is 3. The molecule has 0 bridgehead atoms. The standard InChI is InChI=1S/C21H27N7O2/c1-14-12-26(7-6-22-14)21(30)27-8-9-28-15(13-27)11-23-20-18(28)10-17(24-25-20)16-4-2-3-5-19(16)29/h2-5,10,14-15,22,29H,6-9,11-13H2,1H3,(H,23,25)/t14?,15-/m0/s1. The van der Waals surface area contributed by atoms with Gasteiger partial charge in [0.05, 0.1) is 17.4 Å². The van der Waals surface area contributed by atoms with Crippen molar-refractivity contribution in [3.63, 3.8) is 0 Å². The number of carbonyl (C=O) groups excluding carboxylic acids is 1. The van der Waals surface area contributed by atoms with Crippen LogP contribution in [0.4, 0.5) is 16.3 Å². The van der Waals surface area contributed by atoms with Crippen molar-refractivity contribution in [1.29, 1.82) is 0 Å². The fourth-order valence-corrected chi connectivity index (χ4v) is 4.59. The summed E-state index contributed by atoms with van der Waals surface area (Å²) in [7, 11) is 0. The second-order valence-electron chi connectivity index (χ2n) is 8.24. The molecule has 30 heavy (non-hydrogen) atoms. The molecule has 0 saturated carbocycles. The molecule has 2 aromatic rings. The molecule has 3 N–H and O–H groups in total. The Bertz CT molecular complexity index is 953. The molecule has 3 aliphatic rings. The van der Waals surface area contributed by atoms with Gasteiger partial charge in [0.25, 0.3) is 0 Å². The van der Waals surface area contributed by atoms with Crippen molar-refractivity contribution < 1.29 is 9.90 Å². The summed E-state index contributed by atoms with van der Waals surface area (Å²) >= 11 is 0. The van der Waals surface area contributed by atoms with Gasteiger partial charge < -0.3 is 30.4 Å². The molecule has 2 atom stereocenters. The Hall–Kier alpha value is -3.07. The number of amides is 2. The predicted molar refractivity (Wildman–Crippen MR) is 115 cm³/mol. The van der Waals surface area contributed by atoms with Gasteiger partial charge in [0.15, 0.2) is 5.82 Å². The van der Waals surface area contributed by atoms with Crippen molar-refractivity contribution in [3.8, 4) is 17.0 Å². The Morgan fingerprint density at radius 1 is 1.13 bits per heavy atom. The number of para-hydroxylation sites is 1. The van der Waals surface area contributed by atoms with Gasteiger partial charge in [-0.05, 0) is 25.1 Å². The van der Waals surface area contributed by atoms with Crippen LogP contribution < -0.4 is 15.5 Å². The molecule has 0 aliphatic carbocycles. The van der Waals surface area contributed by atoms with Gasteiger partial charge in [0.1, 0.15) is 5.75 Å². The minimum Gasteiger partial charge on any atom is -0.507 e. The number of benzene rings is 1. The van der Waals surface area contributed by atoms with E-state index in [1.807, 2.05) is 28.0 Å².